The molecule has 25 heavy (non-hydrogen) atoms. The highest BCUT2D eigenvalue weighted by Crippen LogP contribution is 2.19. The minimum absolute atomic E-state index is 0. The van der Waals surface area contributed by atoms with Gasteiger partial charge in [-0.2, -0.15) is 0 Å². The van der Waals surface area contributed by atoms with Crippen LogP contribution in [-0.4, -0.2) is 18.6 Å². The molecule has 4 nitrogen and oxygen atoms in total. The van der Waals surface area contributed by atoms with Crippen LogP contribution in [0.5, 0.6) is 5.75 Å². The molecule has 2 rings (SSSR count). The average Bonchev–Trinajstić information content (AvgIpc) is 2.60. The molecule has 2 aromatic rings. The third-order valence-corrected chi connectivity index (χ3v) is 3.70. The van der Waals surface area contributed by atoms with Crippen molar-refractivity contribution in [2.75, 3.05) is 6.61 Å². The summed E-state index contributed by atoms with van der Waals surface area (Å²) in [5, 5.41) is 2.90. The maximum Gasteiger partial charge on any atom is 0.237 e. The van der Waals surface area contributed by atoms with Gasteiger partial charge >= 0.3 is 0 Å². The zero-order chi connectivity index (χ0) is 17.4. The van der Waals surface area contributed by atoms with Crippen molar-refractivity contribution < 1.29 is 13.9 Å². The third-order valence-electron chi connectivity index (χ3n) is 3.70. The molecule has 136 valence electrons. The highest BCUT2D eigenvalue weighted by molar-refractivity contribution is 5.85. The van der Waals surface area contributed by atoms with E-state index in [1.54, 1.807) is 18.2 Å². The van der Waals surface area contributed by atoms with Crippen molar-refractivity contribution in [2.24, 2.45) is 5.73 Å². The molecule has 0 spiro atoms. The Labute approximate surface area is 154 Å². The molecular weight excluding hydrogens is 343 g/mol. The summed E-state index contributed by atoms with van der Waals surface area (Å²) in [6, 6.07) is 14.7. The Balaban J connectivity index is 0.00000312. The number of para-hydroxylation sites is 1. The SMILES string of the molecule is CCCC(N)C(=O)NC(COc1ccccc1F)c1ccccc1.Cl. The highest BCUT2D eigenvalue weighted by atomic mass is 35.5. The van der Waals surface area contributed by atoms with Gasteiger partial charge in [0.05, 0.1) is 12.1 Å². The number of benzene rings is 2. The van der Waals surface area contributed by atoms with Gasteiger partial charge in [0.1, 0.15) is 6.61 Å². The van der Waals surface area contributed by atoms with E-state index in [1.165, 1.54) is 6.07 Å². The molecule has 0 bridgehead atoms. The van der Waals surface area contributed by atoms with Crippen molar-refractivity contribution in [1.29, 1.82) is 0 Å². The number of carbonyl (C=O) groups excluding carboxylic acids is 1. The zero-order valence-corrected chi connectivity index (χ0v) is 15.0. The number of carbonyl (C=O) groups is 1. The first-order chi connectivity index (χ1) is 11.6. The topological polar surface area (TPSA) is 64.4 Å². The lowest BCUT2D eigenvalue weighted by Crippen LogP contribution is -2.43. The molecule has 1 amide bonds. The van der Waals surface area contributed by atoms with E-state index in [1.807, 2.05) is 37.3 Å². The van der Waals surface area contributed by atoms with E-state index in [2.05, 4.69) is 5.32 Å². The van der Waals surface area contributed by atoms with Crippen molar-refractivity contribution in [3.63, 3.8) is 0 Å². The van der Waals surface area contributed by atoms with Crippen LogP contribution < -0.4 is 15.8 Å². The van der Waals surface area contributed by atoms with Crippen LogP contribution >= 0.6 is 12.4 Å². The number of rotatable bonds is 8. The molecule has 3 N–H and O–H groups in total. The Morgan fingerprint density at radius 2 is 1.80 bits per heavy atom. The average molecular weight is 367 g/mol. The fourth-order valence-electron chi connectivity index (χ4n) is 2.36. The molecule has 0 saturated heterocycles. The summed E-state index contributed by atoms with van der Waals surface area (Å²) in [6.07, 6.45) is 1.44. The Kier molecular flexibility index (Phi) is 8.95. The minimum atomic E-state index is -0.560. The van der Waals surface area contributed by atoms with Crippen molar-refractivity contribution in [3.05, 3.63) is 66.0 Å². The Bertz CT molecular complexity index is 655. The smallest absolute Gasteiger partial charge is 0.237 e. The molecule has 0 aliphatic carbocycles. The van der Waals surface area contributed by atoms with Gasteiger partial charge in [-0.15, -0.1) is 12.4 Å². The molecule has 0 saturated carbocycles. The van der Waals surface area contributed by atoms with E-state index in [0.29, 0.717) is 6.42 Å². The summed E-state index contributed by atoms with van der Waals surface area (Å²) in [7, 11) is 0. The first-order valence-corrected chi connectivity index (χ1v) is 8.10. The lowest BCUT2D eigenvalue weighted by molar-refractivity contribution is -0.123. The lowest BCUT2D eigenvalue weighted by Gasteiger charge is -2.22. The van der Waals surface area contributed by atoms with Gasteiger partial charge in [-0.1, -0.05) is 55.8 Å². The number of halogens is 2. The first-order valence-electron chi connectivity index (χ1n) is 8.10. The monoisotopic (exact) mass is 366 g/mol. The maximum atomic E-state index is 13.7. The van der Waals surface area contributed by atoms with E-state index in [-0.39, 0.29) is 30.7 Å². The fraction of sp³-hybridized carbons (Fsp3) is 0.316. The van der Waals surface area contributed by atoms with Gasteiger partial charge < -0.3 is 15.8 Å². The van der Waals surface area contributed by atoms with Crippen LogP contribution in [-0.2, 0) is 4.79 Å². The molecule has 0 aliphatic heterocycles. The molecule has 6 heteroatoms. The van der Waals surface area contributed by atoms with Gasteiger partial charge in [-0.25, -0.2) is 4.39 Å². The van der Waals surface area contributed by atoms with Crippen LogP contribution in [0.25, 0.3) is 0 Å². The van der Waals surface area contributed by atoms with Gasteiger partial charge in [0.15, 0.2) is 11.6 Å². The maximum absolute atomic E-state index is 13.7. The Morgan fingerprint density at radius 3 is 2.44 bits per heavy atom. The van der Waals surface area contributed by atoms with Crippen LogP contribution in [0.2, 0.25) is 0 Å². The van der Waals surface area contributed by atoms with Crippen molar-refractivity contribution in [3.8, 4) is 5.75 Å². The van der Waals surface area contributed by atoms with Crippen molar-refractivity contribution >= 4 is 18.3 Å². The summed E-state index contributed by atoms with van der Waals surface area (Å²) in [6.45, 7) is 2.10. The third kappa shape index (κ3) is 6.36. The molecule has 0 heterocycles. The second kappa shape index (κ2) is 10.7. The predicted octanol–water partition coefficient (Wildman–Crippen LogP) is 3.61. The Morgan fingerprint density at radius 1 is 1.16 bits per heavy atom. The molecule has 2 aromatic carbocycles. The lowest BCUT2D eigenvalue weighted by atomic mass is 10.1. The normalized spacial score (nSPS) is 12.6. The Hall–Kier alpha value is -2.11. The summed E-state index contributed by atoms with van der Waals surface area (Å²) < 4.78 is 19.3. The number of ether oxygens (including phenoxy) is 1. The fourth-order valence-corrected chi connectivity index (χ4v) is 2.36. The summed E-state index contributed by atoms with van der Waals surface area (Å²) in [4.78, 5) is 12.2. The second-order valence-electron chi connectivity index (χ2n) is 5.61. The predicted molar refractivity (Wildman–Crippen MR) is 99.4 cm³/mol. The molecule has 0 fully saturated rings. The van der Waals surface area contributed by atoms with Crippen molar-refractivity contribution in [1.82, 2.24) is 5.32 Å². The number of nitrogens with one attached hydrogen (secondary N) is 1. The first kappa shape index (κ1) is 20.9. The van der Waals surface area contributed by atoms with Gasteiger partial charge in [0, 0.05) is 0 Å². The summed E-state index contributed by atoms with van der Waals surface area (Å²) >= 11 is 0. The molecule has 0 radical (unpaired) electrons. The largest absolute Gasteiger partial charge is 0.488 e. The second-order valence-corrected chi connectivity index (χ2v) is 5.61. The van der Waals surface area contributed by atoms with E-state index in [0.717, 1.165) is 12.0 Å². The van der Waals surface area contributed by atoms with Crippen LogP contribution in [0, 0.1) is 5.82 Å². The number of hydrogen-bond donors (Lipinski definition) is 2. The van der Waals surface area contributed by atoms with E-state index >= 15 is 0 Å². The quantitative estimate of drug-likeness (QED) is 0.750. The van der Waals surface area contributed by atoms with Crippen LogP contribution in [0.3, 0.4) is 0 Å². The van der Waals surface area contributed by atoms with Gasteiger partial charge in [0.25, 0.3) is 0 Å². The highest BCUT2D eigenvalue weighted by Gasteiger charge is 2.20. The summed E-state index contributed by atoms with van der Waals surface area (Å²) in [5.41, 5.74) is 6.75. The molecule has 0 aromatic heterocycles. The molecule has 0 aliphatic rings. The number of nitrogens with two attached hydrogens (primary N) is 1. The molecule has 2 atom stereocenters. The van der Waals surface area contributed by atoms with Crippen molar-refractivity contribution in [2.45, 2.75) is 31.8 Å². The van der Waals surface area contributed by atoms with E-state index < -0.39 is 17.9 Å². The van der Waals surface area contributed by atoms with E-state index in [9.17, 15) is 9.18 Å². The molecule has 2 unspecified atom stereocenters. The standard InChI is InChI=1S/C19H23FN2O2.ClH/c1-2-8-16(21)19(23)22-17(14-9-4-3-5-10-14)13-24-18-12-7-6-11-15(18)20;/h3-7,9-12,16-17H,2,8,13,21H2,1H3,(H,22,23);1H. The minimum Gasteiger partial charge on any atom is -0.488 e. The van der Waals surface area contributed by atoms with Gasteiger partial charge in [0.2, 0.25) is 5.91 Å². The van der Waals surface area contributed by atoms with E-state index in [4.69, 9.17) is 10.5 Å². The van der Waals surface area contributed by atoms with Crippen LogP contribution in [0.4, 0.5) is 4.39 Å². The van der Waals surface area contributed by atoms with Crippen LogP contribution in [0.1, 0.15) is 31.4 Å². The number of amides is 1. The zero-order valence-electron chi connectivity index (χ0n) is 14.2. The number of hydrogen-bond acceptors (Lipinski definition) is 3. The van der Waals surface area contributed by atoms with Gasteiger partial charge in [-0.3, -0.25) is 4.79 Å². The summed E-state index contributed by atoms with van der Waals surface area (Å²) in [5.74, 6) is -0.508. The van der Waals surface area contributed by atoms with Gasteiger partial charge in [-0.05, 0) is 24.1 Å². The molecular formula is C19H24ClFN2O2. The van der Waals surface area contributed by atoms with Crippen LogP contribution in [0.15, 0.2) is 54.6 Å².